The minimum atomic E-state index is -5.01. The first kappa shape index (κ1) is 14.9. The Bertz CT molecular complexity index is 483. The molecule has 0 aliphatic carbocycles. The van der Waals surface area contributed by atoms with E-state index in [1.807, 2.05) is 0 Å². The van der Waals surface area contributed by atoms with Crippen molar-refractivity contribution < 1.29 is 26.7 Å². The summed E-state index contributed by atoms with van der Waals surface area (Å²) in [4.78, 5) is 3.09. The van der Waals surface area contributed by atoms with Crippen molar-refractivity contribution >= 4 is 22.6 Å². The van der Waals surface area contributed by atoms with Gasteiger partial charge in [0.05, 0.1) is 12.5 Å². The molecule has 9 heteroatoms. The first-order chi connectivity index (χ1) is 8.24. The molecule has 1 aromatic heterocycles. The van der Waals surface area contributed by atoms with Crippen LogP contribution in [-0.2, 0) is 6.42 Å². The van der Waals surface area contributed by atoms with E-state index in [4.69, 9.17) is 5.26 Å². The van der Waals surface area contributed by atoms with Gasteiger partial charge < -0.3 is 4.74 Å². The van der Waals surface area contributed by atoms with Crippen molar-refractivity contribution in [1.29, 1.82) is 5.26 Å². The standard InChI is InChI=1S/C9H4F5IN2O/c10-8(11)7-4(1-2-16)5(15)3-6(17-7)18-9(12,13)14/h3,8H,1H2. The van der Waals surface area contributed by atoms with Crippen molar-refractivity contribution in [2.75, 3.05) is 0 Å². The van der Waals surface area contributed by atoms with Crippen molar-refractivity contribution in [1.82, 2.24) is 4.98 Å². The van der Waals surface area contributed by atoms with E-state index in [0.29, 0.717) is 0 Å². The lowest BCUT2D eigenvalue weighted by atomic mass is 10.1. The molecule has 0 N–H and O–H groups in total. The Labute approximate surface area is 112 Å². The smallest absolute Gasteiger partial charge is 0.388 e. The van der Waals surface area contributed by atoms with Gasteiger partial charge in [-0.25, -0.2) is 13.8 Å². The predicted molar refractivity (Wildman–Crippen MR) is 57.9 cm³/mol. The van der Waals surface area contributed by atoms with Gasteiger partial charge in [0, 0.05) is 15.2 Å². The van der Waals surface area contributed by atoms with Crippen LogP contribution in [0.5, 0.6) is 5.88 Å². The minimum absolute atomic E-state index is 0.0682. The maximum absolute atomic E-state index is 12.6. The molecule has 0 radical (unpaired) electrons. The molecule has 0 aliphatic rings. The monoisotopic (exact) mass is 378 g/mol. The SMILES string of the molecule is N#CCc1c(I)cc(OC(F)(F)F)nc1C(F)F. The van der Waals surface area contributed by atoms with Crippen LogP contribution < -0.4 is 4.74 Å². The molecule has 3 nitrogen and oxygen atoms in total. The lowest BCUT2D eigenvalue weighted by Gasteiger charge is -2.12. The maximum atomic E-state index is 12.6. The molecular weight excluding hydrogens is 374 g/mol. The molecule has 1 rings (SSSR count). The number of nitriles is 1. The first-order valence-corrected chi connectivity index (χ1v) is 5.42. The van der Waals surface area contributed by atoms with E-state index in [0.717, 1.165) is 6.07 Å². The summed E-state index contributed by atoms with van der Waals surface area (Å²) in [6.07, 6.45) is -8.46. The van der Waals surface area contributed by atoms with Gasteiger partial charge in [-0.3, -0.25) is 0 Å². The van der Waals surface area contributed by atoms with Crippen molar-refractivity contribution in [3.8, 4) is 11.9 Å². The van der Waals surface area contributed by atoms with Crippen LogP contribution in [0, 0.1) is 14.9 Å². The van der Waals surface area contributed by atoms with E-state index in [1.165, 1.54) is 0 Å². The second-order valence-corrected chi connectivity index (χ2v) is 4.15. The molecule has 1 aromatic rings. The van der Waals surface area contributed by atoms with E-state index < -0.39 is 24.4 Å². The summed E-state index contributed by atoms with van der Waals surface area (Å²) < 4.78 is 64.7. The third kappa shape index (κ3) is 3.94. The molecule has 0 spiro atoms. The van der Waals surface area contributed by atoms with Gasteiger partial charge in [0.25, 0.3) is 6.43 Å². The molecule has 0 saturated carbocycles. The zero-order valence-corrected chi connectivity index (χ0v) is 10.6. The van der Waals surface area contributed by atoms with E-state index in [-0.39, 0.29) is 15.6 Å². The molecule has 18 heavy (non-hydrogen) atoms. The van der Waals surface area contributed by atoms with E-state index >= 15 is 0 Å². The third-order valence-corrected chi connectivity index (χ3v) is 2.72. The van der Waals surface area contributed by atoms with Crippen molar-refractivity contribution in [2.24, 2.45) is 0 Å². The number of alkyl halides is 5. The highest BCUT2D eigenvalue weighted by Gasteiger charge is 2.33. The van der Waals surface area contributed by atoms with Crippen LogP contribution in [0.15, 0.2) is 6.07 Å². The Kier molecular flexibility index (Phi) is 4.66. The number of aromatic nitrogens is 1. The molecule has 0 fully saturated rings. The first-order valence-electron chi connectivity index (χ1n) is 4.34. The molecule has 0 aliphatic heterocycles. The molecular formula is C9H4F5IN2O. The number of pyridine rings is 1. The zero-order valence-electron chi connectivity index (χ0n) is 8.43. The van der Waals surface area contributed by atoms with Crippen LogP contribution in [0.25, 0.3) is 0 Å². The van der Waals surface area contributed by atoms with Gasteiger partial charge in [-0.05, 0) is 22.6 Å². The molecule has 0 atom stereocenters. The van der Waals surface area contributed by atoms with E-state index in [2.05, 4.69) is 9.72 Å². The van der Waals surface area contributed by atoms with Crippen LogP contribution in [0.3, 0.4) is 0 Å². The van der Waals surface area contributed by atoms with Crippen LogP contribution in [0.2, 0.25) is 0 Å². The average molecular weight is 378 g/mol. The number of halogens is 6. The van der Waals surface area contributed by atoms with Gasteiger partial charge in [-0.15, -0.1) is 13.2 Å². The predicted octanol–water partition coefficient (Wildman–Crippen LogP) is 3.59. The largest absolute Gasteiger partial charge is 0.574 e. The molecule has 1 heterocycles. The highest BCUT2D eigenvalue weighted by Crippen LogP contribution is 2.30. The summed E-state index contributed by atoms with van der Waals surface area (Å²) >= 11 is 1.55. The van der Waals surface area contributed by atoms with Crippen molar-refractivity contribution in [2.45, 2.75) is 19.2 Å². The number of hydrogen-bond acceptors (Lipinski definition) is 3. The summed E-state index contributed by atoms with van der Waals surface area (Å²) in [5, 5.41) is 8.47. The maximum Gasteiger partial charge on any atom is 0.574 e. The topological polar surface area (TPSA) is 45.9 Å². The normalized spacial score (nSPS) is 11.4. The van der Waals surface area contributed by atoms with Crippen molar-refractivity contribution in [3.63, 3.8) is 0 Å². The Hall–Kier alpha value is -1.18. The van der Waals surface area contributed by atoms with Gasteiger partial charge in [0.15, 0.2) is 0 Å². The second kappa shape index (κ2) is 5.64. The summed E-state index contributed by atoms with van der Waals surface area (Å²) in [5.74, 6) is -0.969. The van der Waals surface area contributed by atoms with E-state index in [1.54, 1.807) is 28.7 Å². The van der Waals surface area contributed by atoms with Gasteiger partial charge in [0.1, 0.15) is 5.69 Å². The Morgan fingerprint density at radius 1 is 1.44 bits per heavy atom. The van der Waals surface area contributed by atoms with Crippen LogP contribution in [-0.4, -0.2) is 11.3 Å². The molecule has 0 unspecified atom stereocenters. The molecule has 0 bridgehead atoms. The van der Waals surface area contributed by atoms with Crippen LogP contribution in [0.1, 0.15) is 17.7 Å². The Balaban J connectivity index is 3.24. The number of rotatable bonds is 3. The quantitative estimate of drug-likeness (QED) is 0.597. The second-order valence-electron chi connectivity index (χ2n) is 2.99. The minimum Gasteiger partial charge on any atom is -0.388 e. The Morgan fingerprint density at radius 2 is 2.06 bits per heavy atom. The summed E-state index contributed by atoms with van der Waals surface area (Å²) in [6.45, 7) is 0. The lowest BCUT2D eigenvalue weighted by molar-refractivity contribution is -0.276. The zero-order chi connectivity index (χ0) is 13.9. The fourth-order valence-corrected chi connectivity index (χ4v) is 1.88. The molecule has 0 saturated heterocycles. The summed E-state index contributed by atoms with van der Waals surface area (Å²) in [5.41, 5.74) is -0.967. The third-order valence-electron chi connectivity index (χ3n) is 1.76. The van der Waals surface area contributed by atoms with Crippen LogP contribution in [0.4, 0.5) is 22.0 Å². The van der Waals surface area contributed by atoms with E-state index in [9.17, 15) is 22.0 Å². The van der Waals surface area contributed by atoms with Gasteiger partial charge in [0.2, 0.25) is 5.88 Å². The fraction of sp³-hybridized carbons (Fsp3) is 0.333. The number of nitrogens with zero attached hydrogens (tertiary/aromatic N) is 2. The summed E-state index contributed by atoms with van der Waals surface area (Å²) in [6, 6.07) is 2.50. The van der Waals surface area contributed by atoms with Gasteiger partial charge in [-0.2, -0.15) is 5.26 Å². The summed E-state index contributed by atoms with van der Waals surface area (Å²) in [7, 11) is 0. The Morgan fingerprint density at radius 3 is 2.50 bits per heavy atom. The highest BCUT2D eigenvalue weighted by molar-refractivity contribution is 14.1. The van der Waals surface area contributed by atoms with Crippen molar-refractivity contribution in [3.05, 3.63) is 20.9 Å². The highest BCUT2D eigenvalue weighted by atomic mass is 127. The van der Waals surface area contributed by atoms with Crippen LogP contribution >= 0.6 is 22.6 Å². The lowest BCUT2D eigenvalue weighted by Crippen LogP contribution is -2.19. The molecule has 0 aromatic carbocycles. The average Bonchev–Trinajstić information content (AvgIpc) is 2.19. The number of ether oxygens (including phenoxy) is 1. The van der Waals surface area contributed by atoms with Gasteiger partial charge in [-0.1, -0.05) is 0 Å². The fourth-order valence-electron chi connectivity index (χ4n) is 1.14. The molecule has 98 valence electrons. The van der Waals surface area contributed by atoms with Gasteiger partial charge >= 0.3 is 6.36 Å². The number of hydrogen-bond donors (Lipinski definition) is 0. The molecule has 0 amide bonds.